The van der Waals surface area contributed by atoms with Crippen LogP contribution in [0.25, 0.3) is 0 Å². The van der Waals surface area contributed by atoms with Gasteiger partial charge in [-0.05, 0) is 37.0 Å². The highest BCUT2D eigenvalue weighted by Crippen LogP contribution is 2.33. The SMILES string of the molecule is COc1cc2c(cc1NS(C)(=O)=O)CCC/C2=N\O. The molecule has 7 heteroatoms. The second kappa shape index (κ2) is 5.08. The van der Waals surface area contributed by atoms with Gasteiger partial charge in [-0.3, -0.25) is 4.72 Å². The Kier molecular flexibility index (Phi) is 3.66. The molecule has 0 saturated carbocycles. The molecule has 1 aliphatic rings. The third-order valence-corrected chi connectivity index (χ3v) is 3.60. The lowest BCUT2D eigenvalue weighted by Crippen LogP contribution is -2.15. The van der Waals surface area contributed by atoms with E-state index in [1.165, 1.54) is 7.11 Å². The molecular weight excluding hydrogens is 268 g/mol. The van der Waals surface area contributed by atoms with Crippen molar-refractivity contribution in [3.63, 3.8) is 0 Å². The number of anilines is 1. The zero-order chi connectivity index (χ0) is 14.0. The number of rotatable bonds is 3. The molecule has 0 heterocycles. The zero-order valence-corrected chi connectivity index (χ0v) is 11.6. The fourth-order valence-corrected chi connectivity index (χ4v) is 2.79. The molecule has 0 amide bonds. The highest BCUT2D eigenvalue weighted by Gasteiger charge is 2.20. The topological polar surface area (TPSA) is 88.0 Å². The Labute approximate surface area is 112 Å². The van der Waals surface area contributed by atoms with Crippen LogP contribution in [0.3, 0.4) is 0 Å². The smallest absolute Gasteiger partial charge is 0.229 e. The summed E-state index contributed by atoms with van der Waals surface area (Å²) in [5.41, 5.74) is 2.77. The van der Waals surface area contributed by atoms with Gasteiger partial charge in [0.2, 0.25) is 10.0 Å². The zero-order valence-electron chi connectivity index (χ0n) is 10.8. The molecule has 0 fully saturated rings. The number of nitrogens with one attached hydrogen (secondary N) is 1. The molecule has 1 aromatic carbocycles. The molecule has 0 spiro atoms. The molecule has 0 atom stereocenters. The number of oxime groups is 1. The summed E-state index contributed by atoms with van der Waals surface area (Å²) >= 11 is 0. The van der Waals surface area contributed by atoms with Gasteiger partial charge in [-0.15, -0.1) is 0 Å². The average molecular weight is 284 g/mol. The van der Waals surface area contributed by atoms with Gasteiger partial charge >= 0.3 is 0 Å². The molecule has 19 heavy (non-hydrogen) atoms. The lowest BCUT2D eigenvalue weighted by Gasteiger charge is -2.20. The molecule has 2 N–H and O–H groups in total. The van der Waals surface area contributed by atoms with Gasteiger partial charge in [0.05, 0.1) is 24.8 Å². The minimum absolute atomic E-state index is 0.405. The van der Waals surface area contributed by atoms with Crippen molar-refractivity contribution in [3.8, 4) is 5.75 Å². The summed E-state index contributed by atoms with van der Waals surface area (Å²) in [6.07, 6.45) is 3.48. The maximum atomic E-state index is 11.3. The predicted molar refractivity (Wildman–Crippen MR) is 72.7 cm³/mol. The summed E-state index contributed by atoms with van der Waals surface area (Å²) in [6, 6.07) is 3.44. The predicted octanol–water partition coefficient (Wildman–Crippen LogP) is 1.58. The van der Waals surface area contributed by atoms with Gasteiger partial charge in [-0.25, -0.2) is 8.42 Å². The van der Waals surface area contributed by atoms with Crippen LogP contribution in [-0.4, -0.2) is 32.7 Å². The number of sulfonamides is 1. The van der Waals surface area contributed by atoms with E-state index < -0.39 is 10.0 Å². The molecule has 0 radical (unpaired) electrons. The number of hydrogen-bond acceptors (Lipinski definition) is 5. The van der Waals surface area contributed by atoms with Gasteiger partial charge in [0.1, 0.15) is 5.75 Å². The molecule has 0 bridgehead atoms. The number of hydrogen-bond donors (Lipinski definition) is 2. The quantitative estimate of drug-likeness (QED) is 0.651. The van der Waals surface area contributed by atoms with Gasteiger partial charge in [-0.1, -0.05) is 5.16 Å². The van der Waals surface area contributed by atoms with Crippen molar-refractivity contribution in [2.75, 3.05) is 18.1 Å². The Balaban J connectivity index is 2.53. The fourth-order valence-electron chi connectivity index (χ4n) is 2.23. The van der Waals surface area contributed by atoms with Crippen molar-refractivity contribution in [2.24, 2.45) is 5.16 Å². The third kappa shape index (κ3) is 2.98. The Morgan fingerprint density at radius 2 is 2.11 bits per heavy atom. The first-order valence-electron chi connectivity index (χ1n) is 5.84. The van der Waals surface area contributed by atoms with Crippen LogP contribution in [0, 0.1) is 0 Å². The minimum Gasteiger partial charge on any atom is -0.495 e. The van der Waals surface area contributed by atoms with E-state index in [-0.39, 0.29) is 0 Å². The van der Waals surface area contributed by atoms with Crippen molar-refractivity contribution in [2.45, 2.75) is 19.3 Å². The normalized spacial score (nSPS) is 17.1. The second-order valence-corrected chi connectivity index (χ2v) is 6.23. The standard InChI is InChI=1S/C12H16N2O4S/c1-18-12-7-9-8(4-3-5-10(9)13-15)6-11(12)14-19(2,16)17/h6-7,14-15H,3-5H2,1-2H3/b13-10+. The molecule has 2 rings (SSSR count). The summed E-state index contributed by atoms with van der Waals surface area (Å²) in [4.78, 5) is 0. The fraction of sp³-hybridized carbons (Fsp3) is 0.417. The molecule has 0 saturated heterocycles. The summed E-state index contributed by atoms with van der Waals surface area (Å²) in [6.45, 7) is 0. The Bertz CT molecular complexity index is 623. The van der Waals surface area contributed by atoms with Crippen LogP contribution < -0.4 is 9.46 Å². The van der Waals surface area contributed by atoms with Gasteiger partial charge in [-0.2, -0.15) is 0 Å². The van der Waals surface area contributed by atoms with Gasteiger partial charge in [0, 0.05) is 5.56 Å². The summed E-state index contributed by atoms with van der Waals surface area (Å²) < 4.78 is 30.3. The van der Waals surface area contributed by atoms with Gasteiger partial charge in [0.25, 0.3) is 0 Å². The molecule has 104 valence electrons. The van der Waals surface area contributed by atoms with E-state index in [4.69, 9.17) is 9.94 Å². The second-order valence-electron chi connectivity index (χ2n) is 4.48. The Morgan fingerprint density at radius 1 is 1.37 bits per heavy atom. The average Bonchev–Trinajstić information content (AvgIpc) is 2.35. The number of nitrogens with zero attached hydrogens (tertiary/aromatic N) is 1. The number of fused-ring (bicyclic) bond motifs is 1. The first-order valence-corrected chi connectivity index (χ1v) is 7.73. The van der Waals surface area contributed by atoms with Crippen LogP contribution in [0.15, 0.2) is 17.3 Å². The van der Waals surface area contributed by atoms with Crippen LogP contribution in [0.4, 0.5) is 5.69 Å². The molecule has 6 nitrogen and oxygen atoms in total. The van der Waals surface area contributed by atoms with Crippen molar-refractivity contribution in [1.82, 2.24) is 0 Å². The first kappa shape index (κ1) is 13.7. The number of benzene rings is 1. The van der Waals surface area contributed by atoms with Crippen LogP contribution in [-0.2, 0) is 16.4 Å². The number of ether oxygens (including phenoxy) is 1. The van der Waals surface area contributed by atoms with Crippen molar-refractivity contribution in [1.29, 1.82) is 0 Å². The van der Waals surface area contributed by atoms with E-state index in [1.807, 2.05) is 0 Å². The Morgan fingerprint density at radius 3 is 2.68 bits per heavy atom. The van der Waals surface area contributed by atoms with Crippen LogP contribution in [0.5, 0.6) is 5.75 Å². The van der Waals surface area contributed by atoms with Crippen molar-refractivity contribution in [3.05, 3.63) is 23.3 Å². The van der Waals surface area contributed by atoms with Crippen molar-refractivity contribution < 1.29 is 18.4 Å². The van der Waals surface area contributed by atoms with E-state index in [0.717, 1.165) is 30.2 Å². The van der Waals surface area contributed by atoms with E-state index in [9.17, 15) is 8.42 Å². The van der Waals surface area contributed by atoms with E-state index >= 15 is 0 Å². The summed E-state index contributed by atoms with van der Waals surface area (Å²) in [5, 5.41) is 12.3. The summed E-state index contributed by atoms with van der Waals surface area (Å²) in [5.74, 6) is 0.409. The van der Waals surface area contributed by atoms with Crippen molar-refractivity contribution >= 4 is 21.4 Å². The molecule has 1 aromatic rings. The summed E-state index contributed by atoms with van der Waals surface area (Å²) in [7, 11) is -1.90. The van der Waals surface area contributed by atoms with Crippen LogP contribution in [0.1, 0.15) is 24.0 Å². The lowest BCUT2D eigenvalue weighted by molar-refractivity contribution is 0.317. The molecule has 0 aromatic heterocycles. The molecular formula is C12H16N2O4S. The third-order valence-electron chi connectivity index (χ3n) is 3.01. The highest BCUT2D eigenvalue weighted by atomic mass is 32.2. The largest absolute Gasteiger partial charge is 0.495 e. The maximum absolute atomic E-state index is 11.3. The minimum atomic E-state index is -3.37. The van der Waals surface area contributed by atoms with Gasteiger partial charge in [0.15, 0.2) is 0 Å². The number of aryl methyl sites for hydroxylation is 1. The monoisotopic (exact) mass is 284 g/mol. The van der Waals surface area contributed by atoms with Gasteiger partial charge < -0.3 is 9.94 Å². The van der Waals surface area contributed by atoms with Crippen LogP contribution >= 0.6 is 0 Å². The van der Waals surface area contributed by atoms with E-state index in [1.54, 1.807) is 12.1 Å². The Hall–Kier alpha value is -1.76. The number of methoxy groups -OCH3 is 1. The van der Waals surface area contributed by atoms with Crippen LogP contribution in [0.2, 0.25) is 0 Å². The maximum Gasteiger partial charge on any atom is 0.229 e. The molecule has 1 aliphatic carbocycles. The lowest BCUT2D eigenvalue weighted by atomic mass is 9.89. The highest BCUT2D eigenvalue weighted by molar-refractivity contribution is 7.92. The molecule has 0 unspecified atom stereocenters. The first-order chi connectivity index (χ1) is 8.94. The van der Waals surface area contributed by atoms with E-state index in [2.05, 4.69) is 9.88 Å². The van der Waals surface area contributed by atoms with E-state index in [0.29, 0.717) is 23.6 Å². The molecule has 0 aliphatic heterocycles.